The Morgan fingerprint density at radius 2 is 1.67 bits per heavy atom. The van der Waals surface area contributed by atoms with Crippen molar-refractivity contribution in [3.05, 3.63) is 102 Å². The van der Waals surface area contributed by atoms with Gasteiger partial charge in [0.2, 0.25) is 0 Å². The third-order valence-corrected chi connectivity index (χ3v) is 4.24. The Labute approximate surface area is 176 Å². The van der Waals surface area contributed by atoms with Gasteiger partial charge in [-0.2, -0.15) is 0 Å². The molecule has 0 heterocycles. The van der Waals surface area contributed by atoms with Crippen LogP contribution in [0.2, 0.25) is 0 Å². The second-order valence-electron chi connectivity index (χ2n) is 6.52. The molecular weight excluding hydrogens is 376 g/mol. The molecular formula is C26H22O4. The third kappa shape index (κ3) is 6.29. The lowest BCUT2D eigenvalue weighted by Crippen LogP contribution is -2.10. The quantitative estimate of drug-likeness (QED) is 0.571. The number of carboxylic acid groups (broad SMARTS) is 1. The Bertz CT molecular complexity index is 1070. The van der Waals surface area contributed by atoms with Crippen LogP contribution in [0.3, 0.4) is 0 Å². The van der Waals surface area contributed by atoms with Crippen LogP contribution in [0.1, 0.15) is 16.7 Å². The van der Waals surface area contributed by atoms with E-state index in [9.17, 15) is 4.79 Å². The highest BCUT2D eigenvalue weighted by molar-refractivity contribution is 5.79. The molecule has 0 saturated carbocycles. The zero-order chi connectivity index (χ0) is 21.2. The predicted octanol–water partition coefficient (Wildman–Crippen LogP) is 4.97. The van der Waals surface area contributed by atoms with Crippen LogP contribution in [0.15, 0.2) is 84.9 Å². The summed E-state index contributed by atoms with van der Waals surface area (Å²) in [6.45, 7) is 1.83. The van der Waals surface area contributed by atoms with Gasteiger partial charge in [-0.1, -0.05) is 60.4 Å². The van der Waals surface area contributed by atoms with E-state index in [1.165, 1.54) is 0 Å². The van der Waals surface area contributed by atoms with Crippen LogP contribution in [0.25, 0.3) is 5.57 Å². The van der Waals surface area contributed by atoms with Gasteiger partial charge >= 0.3 is 5.97 Å². The Morgan fingerprint density at radius 3 is 2.33 bits per heavy atom. The van der Waals surface area contributed by atoms with E-state index in [2.05, 4.69) is 11.8 Å². The van der Waals surface area contributed by atoms with Gasteiger partial charge in [-0.05, 0) is 54.5 Å². The molecule has 3 aromatic carbocycles. The first kappa shape index (κ1) is 20.8. The van der Waals surface area contributed by atoms with Crippen LogP contribution >= 0.6 is 0 Å². The van der Waals surface area contributed by atoms with Gasteiger partial charge in [-0.3, -0.25) is 0 Å². The number of carboxylic acids is 1. The van der Waals surface area contributed by atoms with Gasteiger partial charge < -0.3 is 14.6 Å². The number of hydrogen-bond acceptors (Lipinski definition) is 3. The van der Waals surface area contributed by atoms with Crippen molar-refractivity contribution in [3.8, 4) is 23.3 Å². The molecule has 0 bridgehead atoms. The molecule has 30 heavy (non-hydrogen) atoms. The molecule has 0 aliphatic heterocycles. The van der Waals surface area contributed by atoms with Gasteiger partial charge in [0.05, 0.1) is 0 Å². The van der Waals surface area contributed by atoms with Crippen molar-refractivity contribution in [2.45, 2.75) is 6.92 Å². The van der Waals surface area contributed by atoms with Gasteiger partial charge in [0.1, 0.15) is 18.1 Å². The van der Waals surface area contributed by atoms with Crippen LogP contribution in [-0.2, 0) is 4.79 Å². The van der Waals surface area contributed by atoms with Crippen LogP contribution in [0, 0.1) is 18.8 Å². The minimum atomic E-state index is -1.01. The van der Waals surface area contributed by atoms with Crippen molar-refractivity contribution in [3.63, 3.8) is 0 Å². The molecule has 4 heteroatoms. The number of aryl methyl sites for hydroxylation is 1. The summed E-state index contributed by atoms with van der Waals surface area (Å²) in [5.41, 5.74) is 3.67. The SMILES string of the molecule is Cc1cc(OC/C=C(/C#Cc2ccccc2)c2ccccc2)ccc1OCC(=O)O. The molecule has 0 unspecified atom stereocenters. The minimum Gasteiger partial charge on any atom is -0.489 e. The number of hydrogen-bond donors (Lipinski definition) is 1. The molecule has 0 radical (unpaired) electrons. The first-order valence-electron chi connectivity index (χ1n) is 9.52. The Kier molecular flexibility index (Phi) is 7.29. The standard InChI is InChI=1S/C26H22O4/c1-20-18-24(14-15-25(20)30-19-26(27)28)29-17-16-23(22-10-6-3-7-11-22)13-12-21-8-4-2-5-9-21/h2-11,14-16,18H,17,19H2,1H3,(H,27,28)/b23-16-. The van der Waals surface area contributed by atoms with E-state index >= 15 is 0 Å². The lowest BCUT2D eigenvalue weighted by atomic mass is 10.1. The Balaban J connectivity index is 1.73. The smallest absolute Gasteiger partial charge is 0.341 e. The fraction of sp³-hybridized carbons (Fsp3) is 0.115. The number of allylic oxidation sites excluding steroid dienone is 1. The molecule has 4 nitrogen and oxygen atoms in total. The number of carbonyl (C=O) groups is 1. The molecule has 0 atom stereocenters. The maximum absolute atomic E-state index is 10.6. The van der Waals surface area contributed by atoms with E-state index < -0.39 is 5.97 Å². The summed E-state index contributed by atoms with van der Waals surface area (Å²) < 4.78 is 11.1. The normalized spacial score (nSPS) is 10.6. The average Bonchev–Trinajstić information content (AvgIpc) is 2.76. The van der Waals surface area contributed by atoms with E-state index in [1.54, 1.807) is 12.1 Å². The zero-order valence-corrected chi connectivity index (χ0v) is 16.7. The summed E-state index contributed by atoms with van der Waals surface area (Å²) in [5.74, 6) is 6.63. The van der Waals surface area contributed by atoms with Gasteiger partial charge in [-0.15, -0.1) is 0 Å². The van der Waals surface area contributed by atoms with Gasteiger partial charge in [0.15, 0.2) is 6.61 Å². The molecule has 0 fully saturated rings. The van der Waals surface area contributed by atoms with Crippen LogP contribution in [0.5, 0.6) is 11.5 Å². The molecule has 0 aromatic heterocycles. The van der Waals surface area contributed by atoms with E-state index in [0.717, 1.165) is 22.3 Å². The van der Waals surface area contributed by atoms with Crippen LogP contribution < -0.4 is 9.47 Å². The first-order chi connectivity index (χ1) is 14.6. The van der Waals surface area contributed by atoms with Crippen LogP contribution in [-0.4, -0.2) is 24.3 Å². The maximum atomic E-state index is 10.6. The highest BCUT2D eigenvalue weighted by atomic mass is 16.5. The fourth-order valence-corrected chi connectivity index (χ4v) is 2.75. The monoisotopic (exact) mass is 398 g/mol. The van der Waals surface area contributed by atoms with E-state index in [1.807, 2.05) is 79.7 Å². The highest BCUT2D eigenvalue weighted by Crippen LogP contribution is 2.23. The van der Waals surface area contributed by atoms with Crippen molar-refractivity contribution in [1.82, 2.24) is 0 Å². The summed E-state index contributed by atoms with van der Waals surface area (Å²) in [5, 5.41) is 8.73. The topological polar surface area (TPSA) is 55.8 Å². The van der Waals surface area contributed by atoms with Gasteiger partial charge in [0.25, 0.3) is 0 Å². The third-order valence-electron chi connectivity index (χ3n) is 4.24. The molecule has 0 spiro atoms. The minimum absolute atomic E-state index is 0.350. The molecule has 0 saturated heterocycles. The van der Waals surface area contributed by atoms with Gasteiger partial charge in [-0.25, -0.2) is 4.79 Å². The summed E-state index contributed by atoms with van der Waals surface area (Å²) in [4.78, 5) is 10.6. The number of rotatable bonds is 7. The molecule has 0 aliphatic rings. The Morgan fingerprint density at radius 1 is 0.967 bits per heavy atom. The second-order valence-corrected chi connectivity index (χ2v) is 6.52. The average molecular weight is 398 g/mol. The summed E-state index contributed by atoms with van der Waals surface area (Å²) in [6.07, 6.45) is 1.95. The summed E-state index contributed by atoms with van der Waals surface area (Å²) in [6, 6.07) is 25.1. The lowest BCUT2D eigenvalue weighted by molar-refractivity contribution is -0.139. The lowest BCUT2D eigenvalue weighted by Gasteiger charge is -2.10. The predicted molar refractivity (Wildman–Crippen MR) is 118 cm³/mol. The van der Waals surface area contributed by atoms with Crippen molar-refractivity contribution < 1.29 is 19.4 Å². The highest BCUT2D eigenvalue weighted by Gasteiger charge is 2.05. The van der Waals surface area contributed by atoms with Crippen molar-refractivity contribution in [2.24, 2.45) is 0 Å². The number of aliphatic carboxylic acids is 1. The summed E-state index contributed by atoms with van der Waals surface area (Å²) in [7, 11) is 0. The number of ether oxygens (including phenoxy) is 2. The van der Waals surface area contributed by atoms with Gasteiger partial charge in [0, 0.05) is 11.1 Å². The van der Waals surface area contributed by atoms with Crippen LogP contribution in [0.4, 0.5) is 0 Å². The zero-order valence-electron chi connectivity index (χ0n) is 16.7. The molecule has 3 rings (SSSR count). The largest absolute Gasteiger partial charge is 0.489 e. The van der Waals surface area contributed by atoms with Crippen molar-refractivity contribution >= 4 is 11.5 Å². The van der Waals surface area contributed by atoms with Crippen molar-refractivity contribution in [1.29, 1.82) is 0 Å². The van der Waals surface area contributed by atoms with E-state index in [0.29, 0.717) is 18.1 Å². The second kappa shape index (κ2) is 10.5. The molecule has 150 valence electrons. The van der Waals surface area contributed by atoms with E-state index in [-0.39, 0.29) is 6.61 Å². The molecule has 0 aliphatic carbocycles. The first-order valence-corrected chi connectivity index (χ1v) is 9.52. The summed E-state index contributed by atoms with van der Waals surface area (Å²) >= 11 is 0. The maximum Gasteiger partial charge on any atom is 0.341 e. The van der Waals surface area contributed by atoms with E-state index in [4.69, 9.17) is 14.6 Å². The number of benzene rings is 3. The molecule has 1 N–H and O–H groups in total. The Hall–Kier alpha value is -3.97. The molecule has 3 aromatic rings. The fourth-order valence-electron chi connectivity index (χ4n) is 2.75. The molecule has 0 amide bonds. The van der Waals surface area contributed by atoms with Crippen molar-refractivity contribution in [2.75, 3.05) is 13.2 Å².